The van der Waals surface area contributed by atoms with E-state index in [1.165, 1.54) is 56.0 Å². The summed E-state index contributed by atoms with van der Waals surface area (Å²) in [5.41, 5.74) is 11.6. The fraction of sp³-hybridized carbons (Fsp3) is 0.0290. The average Bonchev–Trinajstić information content (AvgIpc) is 0.907. The molecule has 0 atom stereocenters. The molecule has 0 saturated carbocycles. The normalized spacial score (nSPS) is 10.9. The van der Waals surface area contributed by atoms with Crippen LogP contribution >= 0.6 is 144 Å². The number of methoxy groups -OCH3 is 1. The Kier molecular flexibility index (Phi) is 31.0. The number of nitro groups is 1. The minimum atomic E-state index is -0.533. The molecule has 10 aromatic rings. The average molecular weight is 1590 g/mol. The van der Waals surface area contributed by atoms with Crippen molar-refractivity contribution in [1.82, 2.24) is 0 Å². The van der Waals surface area contributed by atoms with Crippen LogP contribution < -0.4 is 15.8 Å². The molecular weight excluding hydrogens is 1540 g/mol. The van der Waals surface area contributed by atoms with Crippen LogP contribution in [0.25, 0.3) is 0 Å². The number of halogens is 12. The minimum absolute atomic E-state index is 0.0438. The van der Waals surface area contributed by atoms with E-state index in [1.54, 1.807) is 153 Å². The van der Waals surface area contributed by atoms with E-state index >= 15 is 0 Å². The number of carbonyl (C=O) groups excluding carboxylic acids is 2. The van der Waals surface area contributed by atoms with Gasteiger partial charge in [-0.2, -0.15) is 0 Å². The molecule has 97 heavy (non-hydrogen) atoms. The van der Waals surface area contributed by atoms with Crippen LogP contribution in [0.1, 0.15) is 45.1 Å². The van der Waals surface area contributed by atoms with Crippen LogP contribution in [0.3, 0.4) is 0 Å². The van der Waals surface area contributed by atoms with Crippen molar-refractivity contribution in [3.8, 4) is 23.0 Å². The van der Waals surface area contributed by atoms with Gasteiger partial charge in [0.2, 0.25) is 11.8 Å². The first-order valence-corrected chi connectivity index (χ1v) is 32.4. The van der Waals surface area contributed by atoms with E-state index in [-0.39, 0.29) is 38.9 Å². The van der Waals surface area contributed by atoms with Crippen molar-refractivity contribution in [1.29, 1.82) is 0 Å². The molecule has 10 aromatic carbocycles. The number of carbonyl (C=O) groups is 2. The van der Waals surface area contributed by atoms with Crippen LogP contribution in [-0.4, -0.2) is 70.2 Å². The van der Waals surface area contributed by atoms with Gasteiger partial charge in [0.15, 0.2) is 0 Å². The summed E-state index contributed by atoms with van der Waals surface area (Å²) in [4.78, 5) is 53.5. The third-order valence-corrected chi connectivity index (χ3v) is 16.0. The molecule has 0 aromatic heterocycles. The van der Waals surface area contributed by atoms with Gasteiger partial charge in [0.05, 0.1) is 81.3 Å². The number of hydrogen-bond acceptors (Lipinski definition) is 13. The van der Waals surface area contributed by atoms with Crippen molar-refractivity contribution < 1.29 is 34.6 Å². The Morgan fingerprint density at radius 3 is 1.74 bits per heavy atom. The van der Waals surface area contributed by atoms with Gasteiger partial charge >= 0.3 is 0 Å². The van der Waals surface area contributed by atoms with Crippen LogP contribution in [0.2, 0.25) is 55.2 Å². The van der Waals surface area contributed by atoms with Crippen LogP contribution in [0, 0.1) is 10.1 Å². The van der Waals surface area contributed by atoms with Gasteiger partial charge < -0.3 is 31.1 Å². The van der Waals surface area contributed by atoms with E-state index in [4.69, 9.17) is 138 Å². The highest BCUT2D eigenvalue weighted by atomic mass is 79.9. The fourth-order valence-corrected chi connectivity index (χ4v) is 10.4. The van der Waals surface area contributed by atoms with Crippen LogP contribution in [-0.2, 0) is 4.79 Å². The number of para-hydroxylation sites is 2. The standard InChI is InChI=1S/C15H12Cl2N2O2.C14H11BrN2O2.C14H11Cl2NO2.C13H6Cl5N.C13H8Cl2N2O2/c1-9(20)19-14-7-13(11(16)6-12(14)17)18-8-10-4-2-3-5-15(10)21;15-11-4-5-13(18)10(6-11)8-17-12-3-1-2-9(7-12)14(16)19;1-19-12-4-2-3-11(7-12)17-8-9-5-10(15)6-13(16)14(9)18;14-8-1-2-12(10(16)4-8)19-6-7-3-9(15)5-11(17)13(7)18;14-10-3-1-2-4-12(10)16-8-9-5-6-11(15)13(7-9)17(18)19/h2-8,21H,1H3,(H,19,20);1-8,18H,(H2,16,19);2-8,18H,1H3;1-6H;1-8H. The van der Waals surface area contributed by atoms with Gasteiger partial charge in [-0.25, -0.2) is 0 Å². The Hall–Kier alpha value is -8.24. The predicted octanol–water partition coefficient (Wildman–Crippen LogP) is 23.2. The first kappa shape index (κ1) is 77.8. The molecule has 16 nitrogen and oxygen atoms in total. The van der Waals surface area contributed by atoms with Crippen molar-refractivity contribution in [3.05, 3.63) is 291 Å². The third-order valence-electron chi connectivity index (χ3n) is 12.2. The molecule has 496 valence electrons. The zero-order chi connectivity index (χ0) is 70.9. The Morgan fingerprint density at radius 1 is 0.495 bits per heavy atom. The SMILES string of the molecule is CC(=O)Nc1cc(N=Cc2ccccc2O)c(Cl)cc1Cl.COc1cccc(N=Cc2cc(Cl)cc(Cl)c2O)c1.Clc1ccc(N=Cc2cc(Cl)cc(Cl)c2Cl)c(Cl)c1.NC(=O)c1cccc(N=Cc2cc(Br)ccc2O)c1.O=[N+]([O-])c1cc(C=Nc2ccccc2Cl)ccc1Cl. The van der Waals surface area contributed by atoms with Gasteiger partial charge in [0, 0.05) is 97.5 Å². The highest BCUT2D eigenvalue weighted by Gasteiger charge is 2.14. The number of benzene rings is 10. The lowest BCUT2D eigenvalue weighted by Crippen LogP contribution is -2.10. The second-order valence-corrected chi connectivity index (χ2v) is 24.7. The Balaban J connectivity index is 0.000000192. The van der Waals surface area contributed by atoms with Crippen LogP contribution in [0.15, 0.2) is 217 Å². The lowest BCUT2D eigenvalue weighted by molar-refractivity contribution is -0.384. The topological polar surface area (TPSA) is 247 Å². The molecule has 0 aliphatic carbocycles. The summed E-state index contributed by atoms with van der Waals surface area (Å²) in [7, 11) is 1.59. The fourth-order valence-electron chi connectivity index (χ4n) is 7.53. The molecule has 2 amide bonds. The predicted molar refractivity (Wildman–Crippen MR) is 405 cm³/mol. The zero-order valence-electron chi connectivity index (χ0n) is 50.0. The number of rotatable bonds is 14. The maximum absolute atomic E-state index is 11.1. The van der Waals surface area contributed by atoms with Crippen LogP contribution in [0.4, 0.5) is 39.8 Å². The van der Waals surface area contributed by atoms with Crippen molar-refractivity contribution in [2.45, 2.75) is 6.92 Å². The quantitative estimate of drug-likeness (QED) is 0.0302. The van der Waals surface area contributed by atoms with E-state index in [2.05, 4.69) is 46.2 Å². The molecule has 10 rings (SSSR count). The number of anilines is 1. The van der Waals surface area contributed by atoms with Gasteiger partial charge in [-0.1, -0.05) is 186 Å². The number of hydrogen-bond donors (Lipinski definition) is 5. The lowest BCUT2D eigenvalue weighted by atomic mass is 10.2. The van der Waals surface area contributed by atoms with Gasteiger partial charge in [-0.15, -0.1) is 0 Å². The summed E-state index contributed by atoms with van der Waals surface area (Å²) in [5, 5.41) is 46.7. The number of nitrogens with zero attached hydrogens (tertiary/aromatic N) is 6. The molecule has 0 aliphatic heterocycles. The molecule has 0 saturated heterocycles. The first-order valence-electron chi connectivity index (χ1n) is 27.4. The second-order valence-electron chi connectivity index (χ2n) is 19.3. The number of phenols is 3. The van der Waals surface area contributed by atoms with Gasteiger partial charge in [0.1, 0.15) is 28.0 Å². The molecular formula is C69H48BrCl11N8O8. The minimum Gasteiger partial charge on any atom is -0.507 e. The zero-order valence-corrected chi connectivity index (χ0v) is 59.9. The third kappa shape index (κ3) is 25.3. The smallest absolute Gasteiger partial charge is 0.288 e. The molecule has 0 spiro atoms. The van der Waals surface area contributed by atoms with E-state index in [0.29, 0.717) is 118 Å². The maximum Gasteiger partial charge on any atom is 0.288 e. The van der Waals surface area contributed by atoms with Crippen LogP contribution in [0.5, 0.6) is 23.0 Å². The second kappa shape index (κ2) is 38.6. The Morgan fingerprint density at radius 2 is 1.07 bits per heavy atom. The molecule has 28 heteroatoms. The van der Waals surface area contributed by atoms with E-state index in [1.807, 2.05) is 24.3 Å². The van der Waals surface area contributed by atoms with E-state index in [0.717, 1.165) is 4.47 Å². The van der Waals surface area contributed by atoms with E-state index in [9.17, 15) is 35.0 Å². The Labute approximate surface area is 619 Å². The number of aliphatic imine (C=N–C) groups is 5. The molecule has 0 aliphatic rings. The Bertz CT molecular complexity index is 4660. The van der Waals surface area contributed by atoms with Gasteiger partial charge in [-0.3, -0.25) is 44.7 Å². The highest BCUT2D eigenvalue weighted by Crippen LogP contribution is 2.37. The molecule has 0 radical (unpaired) electrons. The first-order chi connectivity index (χ1) is 46.2. The lowest BCUT2D eigenvalue weighted by Gasteiger charge is -2.07. The molecule has 6 N–H and O–H groups in total. The summed E-state index contributed by atoms with van der Waals surface area (Å²) in [6.07, 6.45) is 7.57. The molecule has 0 unspecified atom stereocenters. The largest absolute Gasteiger partial charge is 0.507 e. The highest BCUT2D eigenvalue weighted by molar-refractivity contribution is 9.10. The maximum atomic E-state index is 11.1. The monoisotopic (exact) mass is 1580 g/mol. The number of nitrogens with one attached hydrogen (secondary N) is 1. The van der Waals surface area contributed by atoms with Crippen molar-refractivity contribution in [2.75, 3.05) is 12.4 Å². The molecule has 0 heterocycles. The number of primary amides is 1. The number of amides is 2. The van der Waals surface area contributed by atoms with Crippen molar-refractivity contribution in [2.24, 2.45) is 30.7 Å². The summed E-state index contributed by atoms with van der Waals surface area (Å²) >= 11 is 68.5. The van der Waals surface area contributed by atoms with Crippen molar-refractivity contribution >= 4 is 226 Å². The number of aromatic hydroxyl groups is 3. The summed E-state index contributed by atoms with van der Waals surface area (Å²) in [6.45, 7) is 1.38. The van der Waals surface area contributed by atoms with E-state index < -0.39 is 10.8 Å². The number of nitro benzene ring substituents is 1. The molecule has 0 fully saturated rings. The summed E-state index contributed by atoms with van der Waals surface area (Å²) in [6, 6.07) is 51.7. The number of nitrogens with two attached hydrogens (primary N) is 1. The summed E-state index contributed by atoms with van der Waals surface area (Å²) in [5.74, 6) is 0.185. The van der Waals surface area contributed by atoms with Gasteiger partial charge in [-0.05, 0) is 139 Å². The van der Waals surface area contributed by atoms with Crippen molar-refractivity contribution in [3.63, 3.8) is 0 Å². The summed E-state index contributed by atoms with van der Waals surface area (Å²) < 4.78 is 5.95. The van der Waals surface area contributed by atoms with Gasteiger partial charge in [0.25, 0.3) is 5.69 Å². The number of phenolic OH excluding ortho intramolecular Hbond substituents is 3. The number of ether oxygens (including phenoxy) is 1. The molecule has 0 bridgehead atoms.